The molecule has 2 unspecified atom stereocenters. The van der Waals surface area contributed by atoms with Crippen molar-refractivity contribution in [3.8, 4) is 0 Å². The van der Waals surface area contributed by atoms with Gasteiger partial charge in [0.2, 0.25) is 0 Å². The van der Waals surface area contributed by atoms with Crippen LogP contribution in [0.2, 0.25) is 0 Å². The average Bonchev–Trinajstić information content (AvgIpc) is 2.44. The standard InChI is InChI=1S/C10H18N2O3/c1-6-4-7(2)12(5-6)10(15)11-8(3)9(13)14/h6-8H,4-5H2,1-3H3,(H,11,15)(H,13,14)/t6?,7?,8-/m1/s1. The molecule has 0 bridgehead atoms. The van der Waals surface area contributed by atoms with E-state index in [0.717, 1.165) is 6.42 Å². The molecular weight excluding hydrogens is 196 g/mol. The molecule has 0 aliphatic carbocycles. The van der Waals surface area contributed by atoms with Gasteiger partial charge in [0.15, 0.2) is 0 Å². The number of nitrogens with one attached hydrogen (secondary N) is 1. The molecule has 0 aromatic carbocycles. The molecule has 0 radical (unpaired) electrons. The van der Waals surface area contributed by atoms with E-state index in [-0.39, 0.29) is 12.1 Å². The molecule has 86 valence electrons. The lowest BCUT2D eigenvalue weighted by Gasteiger charge is -2.23. The summed E-state index contributed by atoms with van der Waals surface area (Å²) < 4.78 is 0. The molecule has 1 rings (SSSR count). The van der Waals surface area contributed by atoms with Gasteiger partial charge in [-0.05, 0) is 26.2 Å². The van der Waals surface area contributed by atoms with Crippen molar-refractivity contribution in [1.29, 1.82) is 0 Å². The van der Waals surface area contributed by atoms with Gasteiger partial charge < -0.3 is 15.3 Å². The minimum Gasteiger partial charge on any atom is -0.480 e. The van der Waals surface area contributed by atoms with Gasteiger partial charge in [0.05, 0.1) is 0 Å². The fourth-order valence-corrected chi connectivity index (χ4v) is 1.91. The highest BCUT2D eigenvalue weighted by molar-refractivity contribution is 5.82. The first-order chi connectivity index (χ1) is 6.91. The van der Waals surface area contributed by atoms with Crippen LogP contribution in [0.4, 0.5) is 4.79 Å². The summed E-state index contributed by atoms with van der Waals surface area (Å²) in [7, 11) is 0. The van der Waals surface area contributed by atoms with E-state index in [1.165, 1.54) is 6.92 Å². The number of carboxylic acids is 1. The van der Waals surface area contributed by atoms with E-state index in [1.807, 2.05) is 6.92 Å². The minimum atomic E-state index is -1.01. The molecule has 3 atom stereocenters. The minimum absolute atomic E-state index is 0.195. The Morgan fingerprint density at radius 3 is 2.47 bits per heavy atom. The van der Waals surface area contributed by atoms with Crippen LogP contribution in [-0.4, -0.2) is 40.6 Å². The topological polar surface area (TPSA) is 69.6 Å². The Labute approximate surface area is 89.4 Å². The molecule has 1 aliphatic heterocycles. The summed E-state index contributed by atoms with van der Waals surface area (Å²) in [5, 5.41) is 11.1. The van der Waals surface area contributed by atoms with Crippen molar-refractivity contribution in [2.24, 2.45) is 5.92 Å². The summed E-state index contributed by atoms with van der Waals surface area (Å²) in [5.41, 5.74) is 0. The molecule has 0 spiro atoms. The quantitative estimate of drug-likeness (QED) is 0.717. The zero-order chi connectivity index (χ0) is 11.6. The van der Waals surface area contributed by atoms with E-state index in [1.54, 1.807) is 4.90 Å². The second-order valence-electron chi connectivity index (χ2n) is 4.35. The number of aliphatic carboxylic acids is 1. The largest absolute Gasteiger partial charge is 0.480 e. The lowest BCUT2D eigenvalue weighted by Crippen LogP contribution is -2.47. The zero-order valence-corrected chi connectivity index (χ0v) is 9.36. The van der Waals surface area contributed by atoms with Gasteiger partial charge in [-0.3, -0.25) is 4.79 Å². The molecule has 1 aliphatic rings. The van der Waals surface area contributed by atoms with E-state index >= 15 is 0 Å². The van der Waals surface area contributed by atoms with Crippen LogP contribution in [0, 0.1) is 5.92 Å². The zero-order valence-electron chi connectivity index (χ0n) is 9.36. The molecule has 1 saturated heterocycles. The average molecular weight is 214 g/mol. The Kier molecular flexibility index (Phi) is 3.55. The highest BCUT2D eigenvalue weighted by Gasteiger charge is 2.30. The van der Waals surface area contributed by atoms with Crippen LogP contribution in [0.5, 0.6) is 0 Å². The van der Waals surface area contributed by atoms with Crippen molar-refractivity contribution in [1.82, 2.24) is 10.2 Å². The summed E-state index contributed by atoms with van der Waals surface area (Å²) in [6.07, 6.45) is 0.981. The maximum absolute atomic E-state index is 11.7. The second kappa shape index (κ2) is 4.51. The van der Waals surface area contributed by atoms with Crippen LogP contribution in [-0.2, 0) is 4.79 Å². The third-order valence-corrected chi connectivity index (χ3v) is 2.76. The highest BCUT2D eigenvalue weighted by Crippen LogP contribution is 2.21. The molecule has 2 amide bonds. The summed E-state index contributed by atoms with van der Waals surface area (Å²) in [5.74, 6) is -0.519. The number of amides is 2. The monoisotopic (exact) mass is 214 g/mol. The molecule has 2 N–H and O–H groups in total. The number of likely N-dealkylation sites (tertiary alicyclic amines) is 1. The van der Waals surface area contributed by atoms with Gasteiger partial charge in [-0.1, -0.05) is 6.92 Å². The molecule has 1 heterocycles. The number of carbonyl (C=O) groups excluding carboxylic acids is 1. The van der Waals surface area contributed by atoms with E-state index in [0.29, 0.717) is 12.5 Å². The Bertz CT molecular complexity index is 267. The fourth-order valence-electron chi connectivity index (χ4n) is 1.91. The predicted octanol–water partition coefficient (Wildman–Crippen LogP) is 0.899. The molecule has 0 aromatic heterocycles. The second-order valence-corrected chi connectivity index (χ2v) is 4.35. The van der Waals surface area contributed by atoms with Crippen LogP contribution < -0.4 is 5.32 Å². The number of rotatable bonds is 2. The summed E-state index contributed by atoms with van der Waals surface area (Å²) in [6.45, 7) is 6.24. The van der Waals surface area contributed by atoms with E-state index in [4.69, 9.17) is 5.11 Å². The fraction of sp³-hybridized carbons (Fsp3) is 0.800. The smallest absolute Gasteiger partial charge is 0.325 e. The van der Waals surface area contributed by atoms with E-state index in [9.17, 15) is 9.59 Å². The Hall–Kier alpha value is -1.26. The number of hydrogen-bond donors (Lipinski definition) is 2. The van der Waals surface area contributed by atoms with Crippen LogP contribution in [0.25, 0.3) is 0 Å². The Morgan fingerprint density at radius 1 is 1.47 bits per heavy atom. The first kappa shape index (κ1) is 11.8. The normalized spacial score (nSPS) is 27.5. The van der Waals surface area contributed by atoms with Gasteiger partial charge in [-0.25, -0.2) is 4.79 Å². The molecule has 5 nitrogen and oxygen atoms in total. The third kappa shape index (κ3) is 2.84. The molecular formula is C10H18N2O3. The SMILES string of the molecule is CC1CC(C)N(C(=O)N[C@H](C)C(=O)O)C1. The van der Waals surface area contributed by atoms with Gasteiger partial charge in [0, 0.05) is 12.6 Å². The van der Waals surface area contributed by atoms with Crippen LogP contribution >= 0.6 is 0 Å². The molecule has 5 heteroatoms. The molecule has 0 saturated carbocycles. The van der Waals surface area contributed by atoms with Crippen molar-refractivity contribution in [3.63, 3.8) is 0 Å². The van der Waals surface area contributed by atoms with Crippen LogP contribution in [0.1, 0.15) is 27.2 Å². The van der Waals surface area contributed by atoms with Gasteiger partial charge in [0.1, 0.15) is 6.04 Å². The van der Waals surface area contributed by atoms with Gasteiger partial charge in [0.25, 0.3) is 0 Å². The van der Waals surface area contributed by atoms with Crippen molar-refractivity contribution < 1.29 is 14.7 Å². The summed E-state index contributed by atoms with van der Waals surface area (Å²) in [4.78, 5) is 23.9. The number of carbonyl (C=O) groups is 2. The number of nitrogens with zero attached hydrogens (tertiary/aromatic N) is 1. The van der Waals surface area contributed by atoms with Crippen molar-refractivity contribution in [2.45, 2.75) is 39.3 Å². The summed E-state index contributed by atoms with van der Waals surface area (Å²) >= 11 is 0. The maximum Gasteiger partial charge on any atom is 0.325 e. The van der Waals surface area contributed by atoms with Crippen molar-refractivity contribution >= 4 is 12.0 Å². The van der Waals surface area contributed by atoms with Gasteiger partial charge in [-0.2, -0.15) is 0 Å². The molecule has 0 aromatic rings. The van der Waals surface area contributed by atoms with E-state index < -0.39 is 12.0 Å². The number of hydrogen-bond acceptors (Lipinski definition) is 2. The first-order valence-corrected chi connectivity index (χ1v) is 5.21. The lowest BCUT2D eigenvalue weighted by atomic mass is 10.1. The Morgan fingerprint density at radius 2 is 2.07 bits per heavy atom. The van der Waals surface area contributed by atoms with Gasteiger partial charge >= 0.3 is 12.0 Å². The number of urea groups is 1. The van der Waals surface area contributed by atoms with Crippen LogP contribution in [0.3, 0.4) is 0 Å². The third-order valence-electron chi connectivity index (χ3n) is 2.76. The van der Waals surface area contributed by atoms with Crippen molar-refractivity contribution in [3.05, 3.63) is 0 Å². The Balaban J connectivity index is 2.50. The van der Waals surface area contributed by atoms with Crippen LogP contribution in [0.15, 0.2) is 0 Å². The summed E-state index contributed by atoms with van der Waals surface area (Å²) in [6, 6.07) is -0.914. The lowest BCUT2D eigenvalue weighted by molar-refractivity contribution is -0.138. The van der Waals surface area contributed by atoms with Crippen molar-refractivity contribution in [2.75, 3.05) is 6.54 Å². The number of carboxylic acid groups (broad SMARTS) is 1. The molecule has 1 fully saturated rings. The predicted molar refractivity (Wildman–Crippen MR) is 55.6 cm³/mol. The van der Waals surface area contributed by atoms with E-state index in [2.05, 4.69) is 12.2 Å². The van der Waals surface area contributed by atoms with Gasteiger partial charge in [-0.15, -0.1) is 0 Å². The molecule has 15 heavy (non-hydrogen) atoms. The first-order valence-electron chi connectivity index (χ1n) is 5.21. The maximum atomic E-state index is 11.7. The highest BCUT2D eigenvalue weighted by atomic mass is 16.4.